The molecule has 1 aromatic carbocycles. The lowest BCUT2D eigenvalue weighted by atomic mass is 9.89. The summed E-state index contributed by atoms with van der Waals surface area (Å²) in [5.41, 5.74) is 5.39. The molecule has 1 aliphatic rings. The Hall–Kier alpha value is -1.31. The Morgan fingerprint density at radius 1 is 1.33 bits per heavy atom. The summed E-state index contributed by atoms with van der Waals surface area (Å²) in [5, 5.41) is 8.98. The van der Waals surface area contributed by atoms with E-state index in [-0.39, 0.29) is 5.92 Å². The number of benzene rings is 1. The van der Waals surface area contributed by atoms with E-state index in [0.29, 0.717) is 11.8 Å². The predicted octanol–water partition coefficient (Wildman–Crippen LogP) is 3.51. The van der Waals surface area contributed by atoms with Gasteiger partial charge in [0.1, 0.15) is 0 Å². The maximum Gasteiger partial charge on any atom is 0.306 e. The fraction of sp³-hybridized carbons (Fsp3) is 0.562. The first-order valence-electron chi connectivity index (χ1n) is 6.69. The molecule has 1 fully saturated rings. The first-order valence-corrected chi connectivity index (χ1v) is 6.69. The molecular weight excluding hydrogens is 224 g/mol. The van der Waals surface area contributed by atoms with Gasteiger partial charge >= 0.3 is 5.97 Å². The quantitative estimate of drug-likeness (QED) is 0.882. The van der Waals surface area contributed by atoms with Crippen molar-refractivity contribution >= 4 is 5.97 Å². The summed E-state index contributed by atoms with van der Waals surface area (Å²) < 4.78 is 0. The van der Waals surface area contributed by atoms with Crippen LogP contribution in [-0.4, -0.2) is 11.1 Å². The van der Waals surface area contributed by atoms with E-state index in [1.165, 1.54) is 22.3 Å². The number of rotatable bonds is 4. The van der Waals surface area contributed by atoms with Crippen LogP contribution in [-0.2, 0) is 11.2 Å². The van der Waals surface area contributed by atoms with Gasteiger partial charge in [-0.25, -0.2) is 0 Å². The monoisotopic (exact) mass is 246 g/mol. The van der Waals surface area contributed by atoms with Gasteiger partial charge in [-0.3, -0.25) is 4.79 Å². The Balaban J connectivity index is 2.09. The van der Waals surface area contributed by atoms with Gasteiger partial charge in [0.05, 0.1) is 5.92 Å². The second-order valence-electron chi connectivity index (χ2n) is 5.90. The molecule has 1 saturated carbocycles. The summed E-state index contributed by atoms with van der Waals surface area (Å²) in [7, 11) is 0. The van der Waals surface area contributed by atoms with E-state index in [2.05, 4.69) is 39.8 Å². The maximum absolute atomic E-state index is 10.9. The van der Waals surface area contributed by atoms with Crippen LogP contribution in [0.4, 0.5) is 0 Å². The normalized spacial score (nSPS) is 23.8. The molecule has 3 unspecified atom stereocenters. The van der Waals surface area contributed by atoms with Crippen molar-refractivity contribution in [2.75, 3.05) is 0 Å². The lowest BCUT2D eigenvalue weighted by Gasteiger charge is -2.16. The van der Waals surface area contributed by atoms with Crippen LogP contribution in [0.3, 0.4) is 0 Å². The van der Waals surface area contributed by atoms with Crippen LogP contribution in [0.1, 0.15) is 35.6 Å². The van der Waals surface area contributed by atoms with Gasteiger partial charge < -0.3 is 5.11 Å². The summed E-state index contributed by atoms with van der Waals surface area (Å²) in [6, 6.07) is 4.44. The van der Waals surface area contributed by atoms with Gasteiger partial charge in [0, 0.05) is 0 Å². The van der Waals surface area contributed by atoms with Crippen molar-refractivity contribution in [3.05, 3.63) is 34.4 Å². The maximum atomic E-state index is 10.9. The second kappa shape index (κ2) is 4.75. The average Bonchev–Trinajstić information content (AvgIpc) is 3.02. The van der Waals surface area contributed by atoms with Crippen LogP contribution in [0.25, 0.3) is 0 Å². The zero-order valence-electron chi connectivity index (χ0n) is 11.7. The Morgan fingerprint density at radius 3 is 2.33 bits per heavy atom. The van der Waals surface area contributed by atoms with Gasteiger partial charge in [0.2, 0.25) is 0 Å². The van der Waals surface area contributed by atoms with Crippen LogP contribution >= 0.6 is 0 Å². The molecule has 2 nitrogen and oxygen atoms in total. The number of carbonyl (C=O) groups is 1. The van der Waals surface area contributed by atoms with Crippen molar-refractivity contribution in [3.8, 4) is 0 Å². The van der Waals surface area contributed by atoms with E-state index in [1.54, 1.807) is 0 Å². The van der Waals surface area contributed by atoms with E-state index < -0.39 is 5.97 Å². The Bertz CT molecular complexity index is 453. The van der Waals surface area contributed by atoms with Crippen LogP contribution in [0.2, 0.25) is 0 Å². The Kier molecular flexibility index (Phi) is 3.47. The molecular formula is C16H22O2. The van der Waals surface area contributed by atoms with Crippen molar-refractivity contribution in [1.82, 2.24) is 0 Å². The highest BCUT2D eigenvalue weighted by Gasteiger charge is 2.46. The first kappa shape index (κ1) is 13.1. The third-order valence-electron chi connectivity index (χ3n) is 4.25. The zero-order chi connectivity index (χ0) is 13.4. The summed E-state index contributed by atoms with van der Waals surface area (Å²) in [6.07, 6.45) is 1.87. The molecule has 98 valence electrons. The largest absolute Gasteiger partial charge is 0.481 e. The van der Waals surface area contributed by atoms with Crippen molar-refractivity contribution in [2.45, 2.75) is 40.5 Å². The fourth-order valence-corrected chi connectivity index (χ4v) is 3.13. The molecule has 0 spiro atoms. The summed E-state index contributed by atoms with van der Waals surface area (Å²) in [5.74, 6) is 0.129. The molecule has 1 N–H and O–H groups in total. The molecule has 1 aromatic rings. The number of aryl methyl sites for hydroxylation is 3. The Labute approximate surface area is 109 Å². The van der Waals surface area contributed by atoms with Gasteiger partial charge in [0.25, 0.3) is 0 Å². The number of hydrogen-bond acceptors (Lipinski definition) is 1. The molecule has 0 saturated heterocycles. The van der Waals surface area contributed by atoms with Crippen LogP contribution < -0.4 is 0 Å². The molecule has 0 aromatic heterocycles. The molecule has 0 bridgehead atoms. The van der Waals surface area contributed by atoms with Crippen molar-refractivity contribution in [3.63, 3.8) is 0 Å². The van der Waals surface area contributed by atoms with Crippen LogP contribution in [0, 0.1) is 38.5 Å². The van der Waals surface area contributed by atoms with Crippen LogP contribution in [0.5, 0.6) is 0 Å². The third-order valence-corrected chi connectivity index (χ3v) is 4.25. The van der Waals surface area contributed by atoms with E-state index >= 15 is 0 Å². The molecule has 0 heterocycles. The lowest BCUT2D eigenvalue weighted by Crippen LogP contribution is -2.10. The molecule has 2 rings (SSSR count). The molecule has 0 amide bonds. The van der Waals surface area contributed by atoms with E-state index in [0.717, 1.165) is 12.8 Å². The number of carboxylic acid groups (broad SMARTS) is 1. The van der Waals surface area contributed by atoms with Crippen molar-refractivity contribution in [1.29, 1.82) is 0 Å². The van der Waals surface area contributed by atoms with E-state index in [9.17, 15) is 4.79 Å². The standard InChI is InChI=1S/C16H22O2/c1-9-5-10(2)13(11(3)6-9)7-12(4)14-8-15(14)16(17)18/h5-6,12,14-15H,7-8H2,1-4H3,(H,17,18). The lowest BCUT2D eigenvalue weighted by molar-refractivity contribution is -0.139. The van der Waals surface area contributed by atoms with Gasteiger partial charge in [0.15, 0.2) is 0 Å². The molecule has 2 heteroatoms. The number of aliphatic carboxylic acids is 1. The van der Waals surface area contributed by atoms with E-state index in [4.69, 9.17) is 5.11 Å². The molecule has 0 radical (unpaired) electrons. The third kappa shape index (κ3) is 2.58. The molecule has 1 aliphatic carbocycles. The fourth-order valence-electron chi connectivity index (χ4n) is 3.13. The highest BCUT2D eigenvalue weighted by molar-refractivity contribution is 5.73. The van der Waals surface area contributed by atoms with E-state index in [1.807, 2.05) is 0 Å². The summed E-state index contributed by atoms with van der Waals surface area (Å²) in [6.45, 7) is 8.62. The second-order valence-corrected chi connectivity index (χ2v) is 5.90. The summed E-state index contributed by atoms with van der Waals surface area (Å²) >= 11 is 0. The Morgan fingerprint density at radius 2 is 1.89 bits per heavy atom. The zero-order valence-corrected chi connectivity index (χ0v) is 11.7. The molecule has 18 heavy (non-hydrogen) atoms. The summed E-state index contributed by atoms with van der Waals surface area (Å²) in [4.78, 5) is 10.9. The van der Waals surface area contributed by atoms with Crippen molar-refractivity contribution < 1.29 is 9.90 Å². The predicted molar refractivity (Wildman–Crippen MR) is 72.8 cm³/mol. The van der Waals surface area contributed by atoms with Crippen molar-refractivity contribution in [2.24, 2.45) is 17.8 Å². The first-order chi connectivity index (χ1) is 8.40. The minimum Gasteiger partial charge on any atom is -0.481 e. The highest BCUT2D eigenvalue weighted by Crippen LogP contribution is 2.45. The van der Waals surface area contributed by atoms with Gasteiger partial charge in [-0.15, -0.1) is 0 Å². The topological polar surface area (TPSA) is 37.3 Å². The van der Waals surface area contributed by atoms with Crippen LogP contribution in [0.15, 0.2) is 12.1 Å². The van der Waals surface area contributed by atoms with Gasteiger partial charge in [-0.2, -0.15) is 0 Å². The number of hydrogen-bond donors (Lipinski definition) is 1. The minimum atomic E-state index is -0.621. The molecule has 0 aliphatic heterocycles. The SMILES string of the molecule is Cc1cc(C)c(CC(C)C2CC2C(=O)O)c(C)c1. The highest BCUT2D eigenvalue weighted by atomic mass is 16.4. The molecule has 3 atom stereocenters. The number of carboxylic acids is 1. The smallest absolute Gasteiger partial charge is 0.306 e. The van der Waals surface area contributed by atoms with Gasteiger partial charge in [-0.1, -0.05) is 24.6 Å². The van der Waals surface area contributed by atoms with Gasteiger partial charge in [-0.05, 0) is 62.1 Å². The average molecular weight is 246 g/mol. The minimum absolute atomic E-state index is 0.0916.